The van der Waals surface area contributed by atoms with Gasteiger partial charge in [0.05, 0.1) is 12.1 Å². The molecule has 0 radical (unpaired) electrons. The zero-order valence-electron chi connectivity index (χ0n) is 53.1. The predicted molar refractivity (Wildman–Crippen MR) is 346 cm³/mol. The van der Waals surface area contributed by atoms with Gasteiger partial charge >= 0.3 is 0 Å². The maximum Gasteiger partial charge on any atom is 0.246 e. The van der Waals surface area contributed by atoms with Crippen molar-refractivity contribution < 1.29 is 38.4 Å². The number of likely N-dealkylation sites (N-methyl/N-ethyl adjacent to an activating group) is 2. The zero-order valence-corrected chi connectivity index (χ0v) is 53.1. The molecule has 4 aromatic rings. The highest BCUT2D eigenvalue weighted by Crippen LogP contribution is 2.34. The van der Waals surface area contributed by atoms with Crippen molar-refractivity contribution in [2.75, 3.05) is 47.3 Å². The van der Waals surface area contributed by atoms with E-state index in [1.54, 1.807) is 23.8 Å². The summed E-state index contributed by atoms with van der Waals surface area (Å²) in [5, 5.41) is 21.8. The van der Waals surface area contributed by atoms with Gasteiger partial charge in [-0.3, -0.25) is 43.3 Å². The first-order chi connectivity index (χ1) is 43.2. The van der Waals surface area contributed by atoms with Crippen LogP contribution in [-0.2, 0) is 38.4 Å². The standard InChI is InChI=1S/C71H98N10O8/c1-48(72-3)64(82)75-60(54-38-22-12-23-39-54)70(88)80-46-28-42-56(80)66(84)77-62(58(50-30-14-8-15-31-50)51-32-16-9-17-33-51)68(86)73-44-26-6-7-27-45-74-69(87)63(59(52-34-18-10-19-35-52)53-36-20-11-21-37-53)78-67(85)57-43-29-47-81(57)71(89)61(55-40-24-13-25-41-55)76-65(83)49(2)79(4)5/h8-11,14-21,30-37,48-49,54-63,72H,6-7,12-13,22-29,38-47H2,1-5H3,(H,73,86)(H,74,87)(H,75,82)(H,76,83)(H,77,84)(H,78,85)/t48-,49-,56?,57-,60?,61-,62-,63?/m0/s1. The molecule has 2 aliphatic heterocycles. The minimum absolute atomic E-state index is 0.0454. The fraction of sp³-hybridized carbons (Fsp3) is 0.549. The summed E-state index contributed by atoms with van der Waals surface area (Å²) < 4.78 is 0. The van der Waals surface area contributed by atoms with Gasteiger partial charge in [-0.15, -0.1) is 0 Å². The molecule has 0 spiro atoms. The van der Waals surface area contributed by atoms with Crippen LogP contribution in [0.2, 0.25) is 0 Å². The zero-order chi connectivity index (χ0) is 63.2. The number of carbonyl (C=O) groups excluding carboxylic acids is 8. The Kier molecular flexibility index (Phi) is 25.7. The second kappa shape index (κ2) is 33.9. The molecule has 4 aromatic carbocycles. The van der Waals surface area contributed by atoms with Crippen LogP contribution in [0.3, 0.4) is 0 Å². The molecule has 18 nitrogen and oxygen atoms in total. The Bertz CT molecular complexity index is 2850. The van der Waals surface area contributed by atoms with Crippen LogP contribution in [0.1, 0.15) is 164 Å². The van der Waals surface area contributed by atoms with Crippen molar-refractivity contribution in [3.05, 3.63) is 144 Å². The lowest BCUT2D eigenvalue weighted by Gasteiger charge is -2.36. The smallest absolute Gasteiger partial charge is 0.246 e. The molecule has 0 aromatic heterocycles. The lowest BCUT2D eigenvalue weighted by Crippen LogP contribution is -2.59. The number of rotatable bonds is 29. The van der Waals surface area contributed by atoms with E-state index >= 15 is 0 Å². The van der Waals surface area contributed by atoms with Gasteiger partial charge < -0.3 is 47.0 Å². The normalized spacial score (nSPS) is 19.4. The summed E-state index contributed by atoms with van der Waals surface area (Å²) in [5.74, 6) is -3.79. The number of hydrogen-bond donors (Lipinski definition) is 7. The molecule has 480 valence electrons. The number of nitrogens with zero attached hydrogens (tertiary/aromatic N) is 3. The number of likely N-dealkylation sites (tertiary alicyclic amines) is 2. The van der Waals surface area contributed by atoms with Crippen LogP contribution in [0.4, 0.5) is 0 Å². The van der Waals surface area contributed by atoms with Gasteiger partial charge in [0.2, 0.25) is 47.3 Å². The van der Waals surface area contributed by atoms with E-state index in [9.17, 15) is 38.4 Å². The number of unbranched alkanes of at least 4 members (excludes halogenated alkanes) is 3. The van der Waals surface area contributed by atoms with E-state index in [2.05, 4.69) is 37.2 Å². The Hall–Kier alpha value is -7.44. The average Bonchev–Trinajstić information content (AvgIpc) is 3.92. The quantitative estimate of drug-likeness (QED) is 0.0273. The second-order valence-electron chi connectivity index (χ2n) is 25.4. The van der Waals surface area contributed by atoms with Gasteiger partial charge in [-0.25, -0.2) is 0 Å². The van der Waals surface area contributed by atoms with Gasteiger partial charge in [0.15, 0.2) is 0 Å². The summed E-state index contributed by atoms with van der Waals surface area (Å²) in [5.41, 5.74) is 3.36. The molecule has 8 atom stereocenters. The van der Waals surface area contributed by atoms with Crippen LogP contribution in [0.25, 0.3) is 0 Å². The largest absolute Gasteiger partial charge is 0.354 e. The van der Waals surface area contributed by atoms with E-state index in [-0.39, 0.29) is 47.3 Å². The number of hydrogen-bond acceptors (Lipinski definition) is 10. The van der Waals surface area contributed by atoms with Crippen LogP contribution in [-0.4, -0.2) is 158 Å². The van der Waals surface area contributed by atoms with E-state index in [1.165, 1.54) is 0 Å². The Morgan fingerprint density at radius 3 is 1.12 bits per heavy atom. The van der Waals surface area contributed by atoms with E-state index in [0.717, 1.165) is 99.3 Å². The highest BCUT2D eigenvalue weighted by molar-refractivity contribution is 5.97. The van der Waals surface area contributed by atoms with E-state index in [1.807, 2.05) is 147 Å². The monoisotopic (exact) mass is 1220 g/mol. The fourth-order valence-electron chi connectivity index (χ4n) is 13.7. The molecule has 7 N–H and O–H groups in total. The van der Waals surface area contributed by atoms with Crippen molar-refractivity contribution in [1.82, 2.24) is 51.9 Å². The van der Waals surface area contributed by atoms with Crippen LogP contribution in [0, 0.1) is 11.8 Å². The van der Waals surface area contributed by atoms with Gasteiger partial charge in [0.1, 0.15) is 36.3 Å². The van der Waals surface area contributed by atoms with Crippen LogP contribution in [0.15, 0.2) is 121 Å². The topological polar surface area (TPSA) is 230 Å². The highest BCUT2D eigenvalue weighted by atomic mass is 16.2. The van der Waals surface area contributed by atoms with Crippen molar-refractivity contribution in [3.8, 4) is 0 Å². The highest BCUT2D eigenvalue weighted by Gasteiger charge is 2.45. The number of benzene rings is 4. The summed E-state index contributed by atoms with van der Waals surface area (Å²) in [6.45, 7) is 4.94. The summed E-state index contributed by atoms with van der Waals surface area (Å²) in [6, 6.07) is 32.3. The van der Waals surface area contributed by atoms with Crippen molar-refractivity contribution >= 4 is 47.3 Å². The van der Waals surface area contributed by atoms with Gasteiger partial charge in [-0.2, -0.15) is 0 Å². The lowest BCUT2D eigenvalue weighted by atomic mass is 9.83. The first kappa shape index (κ1) is 67.5. The molecule has 3 unspecified atom stereocenters. The van der Waals surface area contributed by atoms with Crippen molar-refractivity contribution in [3.63, 3.8) is 0 Å². The minimum Gasteiger partial charge on any atom is -0.354 e. The van der Waals surface area contributed by atoms with Crippen molar-refractivity contribution in [2.24, 2.45) is 11.8 Å². The molecule has 8 amide bonds. The van der Waals surface area contributed by atoms with Gasteiger partial charge in [0.25, 0.3) is 0 Å². The van der Waals surface area contributed by atoms with Gasteiger partial charge in [-0.1, -0.05) is 173 Å². The number of carbonyl (C=O) groups is 8. The van der Waals surface area contributed by atoms with E-state index in [0.29, 0.717) is 64.7 Å². The molecule has 89 heavy (non-hydrogen) atoms. The lowest BCUT2D eigenvalue weighted by molar-refractivity contribution is -0.144. The van der Waals surface area contributed by atoms with Gasteiger partial charge in [0, 0.05) is 38.0 Å². The molecule has 0 bridgehead atoms. The third kappa shape index (κ3) is 18.1. The minimum atomic E-state index is -1.05. The van der Waals surface area contributed by atoms with Crippen LogP contribution >= 0.6 is 0 Å². The van der Waals surface area contributed by atoms with Crippen LogP contribution < -0.4 is 37.2 Å². The SMILES string of the molecule is CN[C@@H](C)C(=O)NC(C(=O)N1CCCC1C(=O)N[C@H](C(=O)NCCCCCCNC(=O)C(NC(=O)[C@@H]1CCCN1C(=O)[C@@H](NC(=O)[C@H](C)N(C)C)C1CCCCC1)C(c1ccccc1)c1ccccc1)C(c1ccccc1)c1ccccc1)C1CCCCC1. The molecule has 2 saturated heterocycles. The summed E-state index contributed by atoms with van der Waals surface area (Å²) in [6.07, 6.45) is 14.0. The summed E-state index contributed by atoms with van der Waals surface area (Å²) in [4.78, 5) is 121. The molecular formula is C71H98N10O8. The maximum absolute atomic E-state index is 14.8. The molecule has 2 saturated carbocycles. The van der Waals surface area contributed by atoms with Crippen LogP contribution in [0.5, 0.6) is 0 Å². The Morgan fingerprint density at radius 2 is 0.787 bits per heavy atom. The molecular weight excluding hydrogens is 1120 g/mol. The van der Waals surface area contributed by atoms with Crippen molar-refractivity contribution in [1.29, 1.82) is 0 Å². The average molecular weight is 1220 g/mol. The predicted octanol–water partition coefficient (Wildman–Crippen LogP) is 7.08. The second-order valence-corrected chi connectivity index (χ2v) is 25.4. The molecule has 2 aliphatic carbocycles. The Morgan fingerprint density at radius 1 is 0.438 bits per heavy atom. The fourth-order valence-corrected chi connectivity index (χ4v) is 13.7. The Labute approximate surface area is 527 Å². The van der Waals surface area contributed by atoms with Gasteiger partial charge in [-0.05, 0) is 133 Å². The number of nitrogens with one attached hydrogen (secondary N) is 7. The first-order valence-corrected chi connectivity index (χ1v) is 33.1. The molecule has 2 heterocycles. The molecule has 8 rings (SSSR count). The summed E-state index contributed by atoms with van der Waals surface area (Å²) in [7, 11) is 5.36. The van der Waals surface area contributed by atoms with E-state index in [4.69, 9.17) is 0 Å². The third-order valence-electron chi connectivity index (χ3n) is 19.2. The van der Waals surface area contributed by atoms with Crippen molar-refractivity contribution in [2.45, 2.75) is 190 Å². The molecule has 18 heteroatoms. The number of amides is 8. The third-order valence-corrected chi connectivity index (χ3v) is 19.2. The summed E-state index contributed by atoms with van der Waals surface area (Å²) >= 11 is 0. The first-order valence-electron chi connectivity index (χ1n) is 33.1. The maximum atomic E-state index is 14.8. The molecule has 4 fully saturated rings. The molecule has 4 aliphatic rings. The van der Waals surface area contributed by atoms with E-state index < -0.39 is 72.0 Å². The Balaban J connectivity index is 0.923.